The van der Waals surface area contributed by atoms with Crippen LogP contribution in [0.4, 0.5) is 0 Å². The van der Waals surface area contributed by atoms with E-state index in [1.807, 2.05) is 6.92 Å². The van der Waals surface area contributed by atoms with Gasteiger partial charge in [-0.2, -0.15) is 0 Å². The zero-order valence-electron chi connectivity index (χ0n) is 13.5. The average Bonchev–Trinajstić information content (AvgIpc) is 2.89. The fourth-order valence-corrected chi connectivity index (χ4v) is 5.31. The van der Waals surface area contributed by atoms with Gasteiger partial charge in [0.05, 0.1) is 12.5 Å². The Labute approximate surface area is 142 Å². The predicted molar refractivity (Wildman–Crippen MR) is 93.4 cm³/mol. The number of nitrogens with one attached hydrogen (secondary N) is 1. The van der Waals surface area contributed by atoms with E-state index in [0.717, 1.165) is 29.5 Å². The molecule has 2 aromatic heterocycles. The van der Waals surface area contributed by atoms with Gasteiger partial charge in [-0.05, 0) is 37.2 Å². The molecule has 0 saturated carbocycles. The van der Waals surface area contributed by atoms with Crippen molar-refractivity contribution >= 4 is 39.3 Å². The highest BCUT2D eigenvalue weighted by atomic mass is 32.2. The number of methoxy groups -OCH3 is 1. The van der Waals surface area contributed by atoms with Gasteiger partial charge in [0.15, 0.2) is 5.16 Å². The van der Waals surface area contributed by atoms with Crippen LogP contribution in [0.3, 0.4) is 0 Å². The molecule has 5 nitrogen and oxygen atoms in total. The Hall–Kier alpha value is -1.34. The van der Waals surface area contributed by atoms with Gasteiger partial charge in [-0.1, -0.05) is 25.6 Å². The maximum Gasteiger partial charge on any atom is 0.319 e. The van der Waals surface area contributed by atoms with Crippen LogP contribution in [0.15, 0.2) is 9.95 Å². The Morgan fingerprint density at radius 3 is 3.04 bits per heavy atom. The number of ether oxygens (including phenoxy) is 1. The molecule has 1 N–H and O–H groups in total. The molecule has 7 heteroatoms. The maximum atomic E-state index is 12.5. The molecule has 23 heavy (non-hydrogen) atoms. The molecule has 0 fully saturated rings. The smallest absolute Gasteiger partial charge is 0.319 e. The van der Waals surface area contributed by atoms with Crippen molar-refractivity contribution in [2.24, 2.45) is 5.92 Å². The molecule has 1 aliphatic carbocycles. The number of fused-ring (bicyclic) bond motifs is 3. The topological polar surface area (TPSA) is 72.0 Å². The standard InChI is InChI=1S/C16H20N2O3S2/c1-4-10(15(20)21-3)23-16-17-13(19)12-9-6-5-8(2)7-11(9)22-14(12)18-16/h8,10H,4-7H2,1-3H3,(H,17,18,19). The summed E-state index contributed by atoms with van der Waals surface area (Å²) >= 11 is 2.88. The van der Waals surface area contributed by atoms with Crippen LogP contribution in [0.5, 0.6) is 0 Å². The van der Waals surface area contributed by atoms with Crippen LogP contribution in [-0.2, 0) is 22.4 Å². The highest BCUT2D eigenvalue weighted by Gasteiger charge is 2.24. The van der Waals surface area contributed by atoms with Crippen molar-refractivity contribution < 1.29 is 9.53 Å². The lowest BCUT2D eigenvalue weighted by Crippen LogP contribution is -2.19. The van der Waals surface area contributed by atoms with Crippen LogP contribution in [0.25, 0.3) is 10.2 Å². The number of rotatable bonds is 4. The van der Waals surface area contributed by atoms with Crippen LogP contribution in [0.2, 0.25) is 0 Å². The van der Waals surface area contributed by atoms with Gasteiger partial charge < -0.3 is 9.72 Å². The number of aromatic amines is 1. The van der Waals surface area contributed by atoms with E-state index < -0.39 is 0 Å². The van der Waals surface area contributed by atoms with Gasteiger partial charge in [-0.25, -0.2) is 4.98 Å². The second-order valence-electron chi connectivity index (χ2n) is 5.94. The highest BCUT2D eigenvalue weighted by molar-refractivity contribution is 8.00. The second-order valence-corrected chi connectivity index (χ2v) is 8.22. The molecule has 0 saturated heterocycles. The third kappa shape index (κ3) is 3.17. The van der Waals surface area contributed by atoms with Crippen molar-refractivity contribution in [1.82, 2.24) is 9.97 Å². The molecular weight excluding hydrogens is 332 g/mol. The van der Waals surface area contributed by atoms with Crippen molar-refractivity contribution in [3.63, 3.8) is 0 Å². The summed E-state index contributed by atoms with van der Waals surface area (Å²) in [5.74, 6) is 0.367. The lowest BCUT2D eigenvalue weighted by Gasteiger charge is -2.17. The Morgan fingerprint density at radius 2 is 2.35 bits per heavy atom. The van der Waals surface area contributed by atoms with Crippen molar-refractivity contribution in [3.05, 3.63) is 20.8 Å². The predicted octanol–water partition coefficient (Wildman–Crippen LogP) is 3.15. The molecule has 0 aromatic carbocycles. The summed E-state index contributed by atoms with van der Waals surface area (Å²) in [6, 6.07) is 0. The summed E-state index contributed by atoms with van der Waals surface area (Å²) in [4.78, 5) is 33.7. The number of thiophene rings is 1. The number of esters is 1. The van der Waals surface area contributed by atoms with Gasteiger partial charge in [0.25, 0.3) is 5.56 Å². The largest absolute Gasteiger partial charge is 0.468 e. The number of aromatic nitrogens is 2. The Balaban J connectivity index is 1.99. The SMILES string of the molecule is CCC(Sc1nc2sc3c(c2c(=O)[nH]1)CCC(C)C3)C(=O)OC. The molecule has 0 amide bonds. The van der Waals surface area contributed by atoms with Gasteiger partial charge in [0, 0.05) is 4.88 Å². The second kappa shape index (κ2) is 6.65. The molecule has 1 aliphatic rings. The molecule has 0 radical (unpaired) electrons. The van der Waals surface area contributed by atoms with Crippen LogP contribution in [0.1, 0.15) is 37.1 Å². The summed E-state index contributed by atoms with van der Waals surface area (Å²) in [7, 11) is 1.37. The molecule has 0 spiro atoms. The van der Waals surface area contributed by atoms with Crippen LogP contribution in [0, 0.1) is 5.92 Å². The van der Waals surface area contributed by atoms with Crippen LogP contribution < -0.4 is 5.56 Å². The van der Waals surface area contributed by atoms with E-state index in [1.54, 1.807) is 11.3 Å². The van der Waals surface area contributed by atoms with E-state index in [-0.39, 0.29) is 16.8 Å². The number of H-pyrrole nitrogens is 1. The fourth-order valence-electron chi connectivity index (χ4n) is 2.95. The zero-order valence-corrected chi connectivity index (χ0v) is 15.1. The first-order chi connectivity index (χ1) is 11.0. The molecule has 124 valence electrons. The fraction of sp³-hybridized carbons (Fsp3) is 0.562. The monoisotopic (exact) mass is 352 g/mol. The molecule has 2 heterocycles. The molecule has 0 aliphatic heterocycles. The highest BCUT2D eigenvalue weighted by Crippen LogP contribution is 2.36. The maximum absolute atomic E-state index is 12.5. The van der Waals surface area contributed by atoms with Gasteiger partial charge in [0.1, 0.15) is 10.1 Å². The van der Waals surface area contributed by atoms with E-state index in [2.05, 4.69) is 16.9 Å². The van der Waals surface area contributed by atoms with Crippen LogP contribution in [-0.4, -0.2) is 28.3 Å². The first-order valence-electron chi connectivity index (χ1n) is 7.82. The quantitative estimate of drug-likeness (QED) is 0.520. The first kappa shape index (κ1) is 16.5. The summed E-state index contributed by atoms with van der Waals surface area (Å²) in [5, 5.41) is 0.883. The van der Waals surface area contributed by atoms with E-state index >= 15 is 0 Å². The van der Waals surface area contributed by atoms with Crippen molar-refractivity contribution in [2.75, 3.05) is 7.11 Å². The summed E-state index contributed by atoms with van der Waals surface area (Å²) in [6.45, 7) is 4.16. The molecule has 0 bridgehead atoms. The van der Waals surface area contributed by atoms with Crippen LogP contribution >= 0.6 is 23.1 Å². The van der Waals surface area contributed by atoms with Gasteiger partial charge >= 0.3 is 5.97 Å². The third-order valence-corrected chi connectivity index (χ3v) is 6.61. The zero-order chi connectivity index (χ0) is 16.6. The normalized spacial score (nSPS) is 18.7. The number of carbonyl (C=O) groups is 1. The number of carbonyl (C=O) groups excluding carboxylic acids is 1. The molecular formula is C16H20N2O3S2. The summed E-state index contributed by atoms with van der Waals surface area (Å²) < 4.78 is 4.79. The van der Waals surface area contributed by atoms with Crippen molar-refractivity contribution in [1.29, 1.82) is 0 Å². The van der Waals surface area contributed by atoms with Crippen molar-refractivity contribution in [3.8, 4) is 0 Å². The third-order valence-electron chi connectivity index (χ3n) is 4.23. The Morgan fingerprint density at radius 1 is 1.57 bits per heavy atom. The van der Waals surface area contributed by atoms with Gasteiger partial charge in [-0.15, -0.1) is 11.3 Å². The van der Waals surface area contributed by atoms with E-state index in [0.29, 0.717) is 17.5 Å². The number of nitrogens with zero attached hydrogens (tertiary/aromatic N) is 1. The average molecular weight is 352 g/mol. The minimum atomic E-state index is -0.352. The Kier molecular flexibility index (Phi) is 4.77. The lowest BCUT2D eigenvalue weighted by atomic mass is 9.89. The van der Waals surface area contributed by atoms with Crippen molar-refractivity contribution in [2.45, 2.75) is 49.9 Å². The summed E-state index contributed by atoms with van der Waals surface area (Å²) in [5.41, 5.74) is 1.08. The molecule has 3 rings (SSSR count). The summed E-state index contributed by atoms with van der Waals surface area (Å²) in [6.07, 6.45) is 3.72. The first-order valence-corrected chi connectivity index (χ1v) is 9.52. The molecule has 2 aromatic rings. The van der Waals surface area contributed by atoms with Gasteiger partial charge in [0.2, 0.25) is 0 Å². The molecule has 2 atom stereocenters. The van der Waals surface area contributed by atoms with E-state index in [4.69, 9.17) is 4.74 Å². The molecule has 2 unspecified atom stereocenters. The lowest BCUT2D eigenvalue weighted by molar-refractivity contribution is -0.140. The number of thioether (sulfide) groups is 1. The number of hydrogen-bond acceptors (Lipinski definition) is 6. The minimum absolute atomic E-state index is 0.0933. The minimum Gasteiger partial charge on any atom is -0.468 e. The van der Waals surface area contributed by atoms with E-state index in [9.17, 15) is 9.59 Å². The number of aryl methyl sites for hydroxylation is 1. The van der Waals surface area contributed by atoms with E-state index in [1.165, 1.54) is 29.3 Å². The van der Waals surface area contributed by atoms with Gasteiger partial charge in [-0.3, -0.25) is 9.59 Å². The Bertz CT molecular complexity index is 796. The number of hydrogen-bond donors (Lipinski definition) is 1.